The highest BCUT2D eigenvalue weighted by molar-refractivity contribution is 7.07. The SMILES string of the molecule is CCOC(=O)C1=C(c2ccccc2)N=c2s/c(=C\c3ccc(OCc4ccc(Cl)cc4)c(OC)c3)c(=O)n2[C@@H]1c1ccccc1. The lowest BCUT2D eigenvalue weighted by atomic mass is 9.93. The fourth-order valence-corrected chi connectivity index (χ4v) is 6.30. The van der Waals surface area contributed by atoms with Crippen molar-refractivity contribution >= 4 is 40.7 Å². The highest BCUT2D eigenvalue weighted by Crippen LogP contribution is 2.35. The molecule has 0 unspecified atom stereocenters. The second kappa shape index (κ2) is 13.4. The summed E-state index contributed by atoms with van der Waals surface area (Å²) in [4.78, 5) is 33.1. The molecule has 2 heterocycles. The summed E-state index contributed by atoms with van der Waals surface area (Å²) in [7, 11) is 1.57. The molecule has 1 aliphatic rings. The molecule has 0 saturated heterocycles. The van der Waals surface area contributed by atoms with Gasteiger partial charge in [0.05, 0.1) is 35.6 Å². The molecule has 0 bridgehead atoms. The molecule has 45 heavy (non-hydrogen) atoms. The Morgan fingerprint density at radius 3 is 2.36 bits per heavy atom. The summed E-state index contributed by atoms with van der Waals surface area (Å²) in [6.07, 6.45) is 1.80. The van der Waals surface area contributed by atoms with E-state index < -0.39 is 12.0 Å². The van der Waals surface area contributed by atoms with Crippen LogP contribution in [-0.4, -0.2) is 24.3 Å². The largest absolute Gasteiger partial charge is 0.493 e. The number of hydrogen-bond acceptors (Lipinski definition) is 7. The van der Waals surface area contributed by atoms with Crippen LogP contribution < -0.4 is 24.4 Å². The predicted molar refractivity (Wildman–Crippen MR) is 176 cm³/mol. The summed E-state index contributed by atoms with van der Waals surface area (Å²) in [5.74, 6) is 0.590. The van der Waals surface area contributed by atoms with Crippen LogP contribution >= 0.6 is 22.9 Å². The van der Waals surface area contributed by atoms with Gasteiger partial charge >= 0.3 is 5.97 Å². The zero-order chi connectivity index (χ0) is 31.3. The van der Waals surface area contributed by atoms with E-state index in [0.717, 1.165) is 22.3 Å². The number of methoxy groups -OCH3 is 1. The maximum Gasteiger partial charge on any atom is 0.338 e. The average molecular weight is 637 g/mol. The highest BCUT2D eigenvalue weighted by Gasteiger charge is 2.35. The van der Waals surface area contributed by atoms with Gasteiger partial charge in [0.25, 0.3) is 5.56 Å². The van der Waals surface area contributed by atoms with Crippen LogP contribution in [0.1, 0.15) is 35.2 Å². The molecule has 0 N–H and O–H groups in total. The first kappa shape index (κ1) is 30.1. The van der Waals surface area contributed by atoms with E-state index in [1.807, 2.05) is 103 Å². The third-order valence-electron chi connectivity index (χ3n) is 7.28. The number of carbonyl (C=O) groups is 1. The summed E-state index contributed by atoms with van der Waals surface area (Å²) in [5, 5.41) is 0.662. The quantitative estimate of drug-likeness (QED) is 0.181. The minimum Gasteiger partial charge on any atom is -0.493 e. The number of nitrogens with zero attached hydrogens (tertiary/aromatic N) is 2. The zero-order valence-corrected chi connectivity index (χ0v) is 26.2. The number of aromatic nitrogens is 1. The Bertz CT molecular complexity index is 2050. The Morgan fingerprint density at radius 1 is 0.956 bits per heavy atom. The number of esters is 1. The number of rotatable bonds is 9. The predicted octanol–water partition coefficient (Wildman–Crippen LogP) is 6.18. The Labute approximate surface area is 268 Å². The monoisotopic (exact) mass is 636 g/mol. The van der Waals surface area contributed by atoms with Crippen LogP contribution in [0.3, 0.4) is 0 Å². The maximum atomic E-state index is 14.1. The molecule has 0 aliphatic carbocycles. The lowest BCUT2D eigenvalue weighted by molar-refractivity contribution is -0.138. The van der Waals surface area contributed by atoms with Crippen molar-refractivity contribution in [2.24, 2.45) is 4.99 Å². The Morgan fingerprint density at radius 2 is 1.67 bits per heavy atom. The lowest BCUT2D eigenvalue weighted by Crippen LogP contribution is -2.39. The van der Waals surface area contributed by atoms with Crippen LogP contribution in [0.4, 0.5) is 0 Å². The van der Waals surface area contributed by atoms with E-state index >= 15 is 0 Å². The van der Waals surface area contributed by atoms with Crippen LogP contribution in [0.15, 0.2) is 118 Å². The number of benzene rings is 4. The van der Waals surface area contributed by atoms with Crippen molar-refractivity contribution in [3.05, 3.63) is 156 Å². The van der Waals surface area contributed by atoms with E-state index in [4.69, 9.17) is 30.8 Å². The van der Waals surface area contributed by atoms with Gasteiger partial charge in [0.1, 0.15) is 6.61 Å². The molecule has 5 aromatic rings. The van der Waals surface area contributed by atoms with E-state index in [1.165, 1.54) is 11.3 Å². The molecule has 7 nitrogen and oxygen atoms in total. The van der Waals surface area contributed by atoms with Crippen molar-refractivity contribution in [3.63, 3.8) is 0 Å². The number of thiazole rings is 1. The van der Waals surface area contributed by atoms with Crippen molar-refractivity contribution in [1.82, 2.24) is 4.57 Å². The molecule has 0 fully saturated rings. The normalized spacial score (nSPS) is 14.5. The van der Waals surface area contributed by atoms with Gasteiger partial charge < -0.3 is 14.2 Å². The average Bonchev–Trinajstić information content (AvgIpc) is 3.38. The zero-order valence-electron chi connectivity index (χ0n) is 24.6. The Balaban J connectivity index is 1.45. The van der Waals surface area contributed by atoms with E-state index in [-0.39, 0.29) is 12.2 Å². The fourth-order valence-electron chi connectivity index (χ4n) is 5.18. The number of hydrogen-bond donors (Lipinski definition) is 0. The number of ether oxygens (including phenoxy) is 3. The molecule has 0 amide bonds. The van der Waals surface area contributed by atoms with Crippen LogP contribution in [0, 0.1) is 0 Å². The van der Waals surface area contributed by atoms with Crippen LogP contribution in [0.5, 0.6) is 11.5 Å². The minimum atomic E-state index is -0.725. The van der Waals surface area contributed by atoms with Crippen molar-refractivity contribution in [1.29, 1.82) is 0 Å². The van der Waals surface area contributed by atoms with Crippen LogP contribution in [0.2, 0.25) is 5.02 Å². The first-order valence-electron chi connectivity index (χ1n) is 14.4. The molecule has 0 spiro atoms. The lowest BCUT2D eigenvalue weighted by Gasteiger charge is -2.25. The smallest absolute Gasteiger partial charge is 0.338 e. The minimum absolute atomic E-state index is 0.192. The van der Waals surface area contributed by atoms with Gasteiger partial charge in [-0.3, -0.25) is 9.36 Å². The van der Waals surface area contributed by atoms with Crippen molar-refractivity contribution in [2.45, 2.75) is 19.6 Å². The molecule has 1 aromatic heterocycles. The van der Waals surface area contributed by atoms with Crippen LogP contribution in [0.25, 0.3) is 11.8 Å². The van der Waals surface area contributed by atoms with E-state index in [0.29, 0.717) is 43.7 Å². The second-order valence-corrected chi connectivity index (χ2v) is 11.6. The molecule has 0 radical (unpaired) electrons. The van der Waals surface area contributed by atoms with Gasteiger partial charge in [-0.25, -0.2) is 9.79 Å². The first-order valence-corrected chi connectivity index (χ1v) is 15.5. The van der Waals surface area contributed by atoms with Crippen molar-refractivity contribution in [2.75, 3.05) is 13.7 Å². The number of halogens is 1. The Kier molecular flexibility index (Phi) is 8.96. The highest BCUT2D eigenvalue weighted by atomic mass is 35.5. The van der Waals surface area contributed by atoms with Gasteiger partial charge in [0.15, 0.2) is 16.3 Å². The summed E-state index contributed by atoms with van der Waals surface area (Å²) in [6, 6.07) is 31.2. The molecule has 9 heteroatoms. The van der Waals surface area contributed by atoms with Gasteiger partial charge in [-0.2, -0.15) is 0 Å². The number of fused-ring (bicyclic) bond motifs is 1. The topological polar surface area (TPSA) is 79.1 Å². The third-order valence-corrected chi connectivity index (χ3v) is 8.52. The maximum absolute atomic E-state index is 14.1. The molecule has 6 rings (SSSR count). The second-order valence-electron chi connectivity index (χ2n) is 10.2. The fraction of sp³-hybridized carbons (Fsp3) is 0.139. The van der Waals surface area contributed by atoms with Gasteiger partial charge in [0, 0.05) is 10.6 Å². The summed E-state index contributed by atoms with van der Waals surface area (Å²) < 4.78 is 19.2. The molecule has 1 aliphatic heterocycles. The summed E-state index contributed by atoms with van der Waals surface area (Å²) in [6.45, 7) is 2.30. The first-order chi connectivity index (χ1) is 22.0. The van der Waals surface area contributed by atoms with E-state index in [1.54, 1.807) is 24.7 Å². The van der Waals surface area contributed by atoms with Crippen molar-refractivity contribution in [3.8, 4) is 11.5 Å². The van der Waals surface area contributed by atoms with Crippen LogP contribution in [-0.2, 0) is 16.1 Å². The standard InChI is InChI=1S/C36H29ClN2O5S/c1-3-43-35(41)31-32(25-10-6-4-7-11-25)38-36-39(33(31)26-12-8-5-9-13-26)34(40)30(45-36)21-24-16-19-28(29(20-24)42-2)44-22-23-14-17-27(37)18-15-23/h4-21,33H,3,22H2,1-2H3/b30-21-/t33-/m1/s1. The van der Waals surface area contributed by atoms with Gasteiger partial charge in [-0.05, 0) is 54.0 Å². The molecular formula is C36H29ClN2O5S. The van der Waals surface area contributed by atoms with Crippen molar-refractivity contribution < 1.29 is 19.0 Å². The molecular weight excluding hydrogens is 608 g/mol. The summed E-state index contributed by atoms with van der Waals surface area (Å²) in [5.41, 5.74) is 3.80. The molecule has 226 valence electrons. The Hall–Kier alpha value is -4.92. The third kappa shape index (κ3) is 6.34. The number of carbonyl (C=O) groups excluding carboxylic acids is 1. The molecule has 0 saturated carbocycles. The van der Waals surface area contributed by atoms with Gasteiger partial charge in [-0.1, -0.05) is 102 Å². The van der Waals surface area contributed by atoms with E-state index in [2.05, 4.69) is 0 Å². The summed E-state index contributed by atoms with van der Waals surface area (Å²) >= 11 is 7.26. The molecule has 4 aromatic carbocycles. The van der Waals surface area contributed by atoms with Gasteiger partial charge in [0.2, 0.25) is 0 Å². The molecule has 1 atom stereocenters. The van der Waals surface area contributed by atoms with Gasteiger partial charge in [-0.15, -0.1) is 0 Å². The van der Waals surface area contributed by atoms with E-state index in [9.17, 15) is 9.59 Å².